The van der Waals surface area contributed by atoms with E-state index in [-0.39, 0.29) is 0 Å². The fourth-order valence-corrected chi connectivity index (χ4v) is 1.50. The average Bonchev–Trinajstić information content (AvgIpc) is 1.94. The Hall–Kier alpha value is -0.180. The van der Waals surface area contributed by atoms with Gasteiger partial charge in [0.15, 0.2) is 0 Å². The van der Waals surface area contributed by atoms with E-state index < -0.39 is 10.8 Å². The van der Waals surface area contributed by atoms with Crippen LogP contribution in [-0.2, 0) is 10.8 Å². The standard InChI is InChI=1S/C5H9NOS/c7-8-4-1-2-6-3-5-8/h2H,1,3-5H2. The molecule has 0 aromatic heterocycles. The molecule has 1 aliphatic heterocycles. The van der Waals surface area contributed by atoms with E-state index in [1.807, 2.05) is 6.21 Å². The van der Waals surface area contributed by atoms with Gasteiger partial charge in [0.1, 0.15) is 0 Å². The van der Waals surface area contributed by atoms with Crippen molar-refractivity contribution in [1.29, 1.82) is 0 Å². The first-order valence-electron chi connectivity index (χ1n) is 2.73. The fraction of sp³-hybridized carbons (Fsp3) is 0.800. The van der Waals surface area contributed by atoms with E-state index in [1.165, 1.54) is 0 Å². The van der Waals surface area contributed by atoms with Crippen molar-refractivity contribution < 1.29 is 4.21 Å². The fourth-order valence-electron chi connectivity index (χ4n) is 0.623. The van der Waals surface area contributed by atoms with Crippen molar-refractivity contribution in [3.63, 3.8) is 0 Å². The lowest BCUT2D eigenvalue weighted by molar-refractivity contribution is 0.683. The van der Waals surface area contributed by atoms with E-state index in [4.69, 9.17) is 0 Å². The Labute approximate surface area is 51.5 Å². The first-order chi connectivity index (χ1) is 3.89. The second-order valence-electron chi connectivity index (χ2n) is 1.73. The summed E-state index contributed by atoms with van der Waals surface area (Å²) in [4.78, 5) is 4.00. The molecule has 1 aliphatic rings. The number of hydrogen-bond donors (Lipinski definition) is 0. The second-order valence-corrected chi connectivity index (χ2v) is 3.42. The number of nitrogens with zero attached hydrogens (tertiary/aromatic N) is 1. The summed E-state index contributed by atoms with van der Waals surface area (Å²) in [5, 5.41) is 0. The van der Waals surface area contributed by atoms with Crippen LogP contribution in [0.4, 0.5) is 0 Å². The number of aliphatic imine (C=N–C) groups is 1. The summed E-state index contributed by atoms with van der Waals surface area (Å²) in [6, 6.07) is 0. The Bertz CT molecular complexity index is 110. The van der Waals surface area contributed by atoms with E-state index in [0.29, 0.717) is 0 Å². The normalized spacial score (nSPS) is 29.8. The Morgan fingerprint density at radius 1 is 1.50 bits per heavy atom. The Balaban J connectivity index is 2.39. The van der Waals surface area contributed by atoms with Gasteiger partial charge in [-0.05, 0) is 12.6 Å². The van der Waals surface area contributed by atoms with Crippen LogP contribution in [0.1, 0.15) is 6.42 Å². The molecule has 46 valence electrons. The summed E-state index contributed by atoms with van der Waals surface area (Å²) >= 11 is 0. The van der Waals surface area contributed by atoms with Gasteiger partial charge < -0.3 is 0 Å². The maximum atomic E-state index is 10.7. The number of hydrogen-bond acceptors (Lipinski definition) is 2. The molecule has 0 fully saturated rings. The van der Waals surface area contributed by atoms with Crippen molar-refractivity contribution in [3.8, 4) is 0 Å². The average molecular weight is 131 g/mol. The van der Waals surface area contributed by atoms with Gasteiger partial charge in [-0.25, -0.2) is 0 Å². The molecular formula is C5H9NOS. The van der Waals surface area contributed by atoms with Gasteiger partial charge in [0.05, 0.1) is 6.54 Å². The second kappa shape index (κ2) is 2.97. The highest BCUT2D eigenvalue weighted by molar-refractivity contribution is 7.85. The molecule has 0 N–H and O–H groups in total. The third-order valence-electron chi connectivity index (χ3n) is 1.05. The summed E-state index contributed by atoms with van der Waals surface area (Å²) in [5.41, 5.74) is 0. The van der Waals surface area contributed by atoms with Crippen molar-refractivity contribution in [3.05, 3.63) is 0 Å². The lowest BCUT2D eigenvalue weighted by Crippen LogP contribution is -2.01. The zero-order valence-electron chi connectivity index (χ0n) is 4.67. The first-order valence-corrected chi connectivity index (χ1v) is 4.21. The largest absolute Gasteiger partial charge is 0.297 e. The van der Waals surface area contributed by atoms with Crippen LogP contribution in [0.3, 0.4) is 0 Å². The summed E-state index contributed by atoms with van der Waals surface area (Å²) in [6.45, 7) is 0.757. The molecule has 0 aromatic carbocycles. The molecule has 8 heavy (non-hydrogen) atoms. The topological polar surface area (TPSA) is 29.4 Å². The monoisotopic (exact) mass is 131 g/mol. The van der Waals surface area contributed by atoms with Gasteiger partial charge in [0.25, 0.3) is 0 Å². The molecule has 0 saturated heterocycles. The van der Waals surface area contributed by atoms with Crippen molar-refractivity contribution in [2.45, 2.75) is 6.42 Å². The third-order valence-corrected chi connectivity index (χ3v) is 2.38. The zero-order chi connectivity index (χ0) is 5.82. The van der Waals surface area contributed by atoms with Crippen LogP contribution >= 0.6 is 0 Å². The smallest absolute Gasteiger partial charge is 0.0500 e. The molecule has 2 nitrogen and oxygen atoms in total. The van der Waals surface area contributed by atoms with Gasteiger partial charge in [0, 0.05) is 22.3 Å². The molecule has 0 amide bonds. The van der Waals surface area contributed by atoms with Gasteiger partial charge in [-0.2, -0.15) is 0 Å². The highest BCUT2D eigenvalue weighted by Crippen LogP contribution is 1.90. The van der Waals surface area contributed by atoms with Crippen molar-refractivity contribution >= 4 is 17.0 Å². The molecule has 1 rings (SSSR count). The van der Waals surface area contributed by atoms with Crippen LogP contribution in [0.2, 0.25) is 0 Å². The molecular weight excluding hydrogens is 122 g/mol. The summed E-state index contributed by atoms with van der Waals surface area (Å²) in [6.07, 6.45) is 2.76. The van der Waals surface area contributed by atoms with E-state index in [0.717, 1.165) is 24.5 Å². The third kappa shape index (κ3) is 1.74. The molecule has 1 heterocycles. The Morgan fingerprint density at radius 2 is 2.38 bits per heavy atom. The van der Waals surface area contributed by atoms with Crippen molar-refractivity contribution in [1.82, 2.24) is 0 Å². The van der Waals surface area contributed by atoms with Gasteiger partial charge >= 0.3 is 0 Å². The van der Waals surface area contributed by atoms with E-state index in [2.05, 4.69) is 4.99 Å². The Morgan fingerprint density at radius 3 is 3.25 bits per heavy atom. The summed E-state index contributed by atoms with van der Waals surface area (Å²) in [5.74, 6) is 1.57. The van der Waals surface area contributed by atoms with Crippen LogP contribution in [0.5, 0.6) is 0 Å². The molecule has 0 saturated carbocycles. The minimum atomic E-state index is -0.583. The minimum absolute atomic E-state index is 0.583. The molecule has 0 bridgehead atoms. The molecule has 0 radical (unpaired) electrons. The van der Waals surface area contributed by atoms with E-state index >= 15 is 0 Å². The van der Waals surface area contributed by atoms with Crippen molar-refractivity contribution in [2.24, 2.45) is 4.99 Å². The quantitative estimate of drug-likeness (QED) is 0.462. The minimum Gasteiger partial charge on any atom is -0.297 e. The molecule has 0 aliphatic carbocycles. The predicted molar refractivity (Wildman–Crippen MR) is 35.9 cm³/mol. The predicted octanol–water partition coefficient (Wildman–Crippen LogP) is 0.210. The van der Waals surface area contributed by atoms with E-state index in [9.17, 15) is 4.21 Å². The van der Waals surface area contributed by atoms with Crippen LogP contribution in [0.25, 0.3) is 0 Å². The van der Waals surface area contributed by atoms with Gasteiger partial charge in [-0.1, -0.05) is 0 Å². The first kappa shape index (κ1) is 5.95. The van der Waals surface area contributed by atoms with Crippen molar-refractivity contribution in [2.75, 3.05) is 18.1 Å². The lowest BCUT2D eigenvalue weighted by atomic mass is 10.5. The maximum Gasteiger partial charge on any atom is 0.0500 e. The maximum absolute atomic E-state index is 10.7. The molecule has 0 spiro atoms. The Kier molecular flexibility index (Phi) is 2.21. The van der Waals surface area contributed by atoms with Crippen LogP contribution in [0.15, 0.2) is 4.99 Å². The van der Waals surface area contributed by atoms with Gasteiger partial charge in [-0.3, -0.25) is 9.20 Å². The summed E-state index contributed by atoms with van der Waals surface area (Å²) in [7, 11) is -0.583. The SMILES string of the molecule is O=S1CCC=NCC1. The highest BCUT2D eigenvalue weighted by atomic mass is 32.2. The van der Waals surface area contributed by atoms with Crippen LogP contribution in [0, 0.1) is 0 Å². The highest BCUT2D eigenvalue weighted by Gasteiger charge is 1.99. The zero-order valence-corrected chi connectivity index (χ0v) is 5.49. The number of rotatable bonds is 0. The lowest BCUT2D eigenvalue weighted by Gasteiger charge is -1.88. The summed E-state index contributed by atoms with van der Waals surface area (Å²) < 4.78 is 10.7. The van der Waals surface area contributed by atoms with E-state index in [1.54, 1.807) is 0 Å². The van der Waals surface area contributed by atoms with Gasteiger partial charge in [-0.15, -0.1) is 0 Å². The van der Waals surface area contributed by atoms with Crippen LogP contribution in [-0.4, -0.2) is 28.5 Å². The van der Waals surface area contributed by atoms with Crippen LogP contribution < -0.4 is 0 Å². The molecule has 1 unspecified atom stereocenters. The molecule has 1 atom stereocenters. The van der Waals surface area contributed by atoms with Gasteiger partial charge in [0.2, 0.25) is 0 Å². The molecule has 0 aromatic rings. The molecule has 3 heteroatoms.